The fourth-order valence-electron chi connectivity index (χ4n) is 2.09. The van der Waals surface area contributed by atoms with Gasteiger partial charge >= 0.3 is 0 Å². The molecule has 0 amide bonds. The number of ketones is 1. The third-order valence-corrected chi connectivity index (χ3v) is 3.50. The molecule has 23 heavy (non-hydrogen) atoms. The van der Waals surface area contributed by atoms with Crippen molar-refractivity contribution in [3.63, 3.8) is 0 Å². The van der Waals surface area contributed by atoms with Crippen LogP contribution in [0.3, 0.4) is 0 Å². The van der Waals surface area contributed by atoms with Gasteiger partial charge < -0.3 is 50.3 Å². The molecule has 1 heterocycles. The molecular weight excluding hydrogens is 320 g/mol. The Bertz CT molecular complexity index is 376. The summed E-state index contributed by atoms with van der Waals surface area (Å²) >= 11 is 0. The maximum absolute atomic E-state index is 11.3. The Labute approximate surface area is 130 Å². The van der Waals surface area contributed by atoms with Gasteiger partial charge in [-0.1, -0.05) is 0 Å². The Morgan fingerprint density at radius 3 is 2.13 bits per heavy atom. The maximum atomic E-state index is 11.3. The van der Waals surface area contributed by atoms with E-state index >= 15 is 0 Å². The molecule has 11 nitrogen and oxygen atoms in total. The number of ether oxygens (including phenoxy) is 2. The number of hydrogen-bond donors (Lipinski definition) is 8. The van der Waals surface area contributed by atoms with E-state index in [0.717, 1.165) is 0 Å². The molecule has 0 spiro atoms. The van der Waals surface area contributed by atoms with Gasteiger partial charge in [0, 0.05) is 0 Å². The monoisotopic (exact) mass is 342 g/mol. The molecule has 11 heteroatoms. The van der Waals surface area contributed by atoms with Crippen molar-refractivity contribution in [3.8, 4) is 0 Å². The van der Waals surface area contributed by atoms with Crippen LogP contribution in [-0.2, 0) is 14.3 Å². The summed E-state index contributed by atoms with van der Waals surface area (Å²) in [5.41, 5.74) is 0. The van der Waals surface area contributed by atoms with E-state index in [-0.39, 0.29) is 0 Å². The molecule has 0 aromatic carbocycles. The number of carbonyl (C=O) groups excluding carboxylic acids is 1. The van der Waals surface area contributed by atoms with Crippen LogP contribution in [0.4, 0.5) is 0 Å². The van der Waals surface area contributed by atoms with Gasteiger partial charge in [-0.2, -0.15) is 0 Å². The molecule has 0 aromatic heterocycles. The van der Waals surface area contributed by atoms with E-state index in [4.69, 9.17) is 24.8 Å². The Balaban J connectivity index is 2.91. The summed E-state index contributed by atoms with van der Waals surface area (Å²) < 4.78 is 10.1. The summed E-state index contributed by atoms with van der Waals surface area (Å²) in [6.07, 6.45) is -13.8. The molecule has 8 atom stereocenters. The van der Waals surface area contributed by atoms with Gasteiger partial charge in [0.1, 0.15) is 49.3 Å². The van der Waals surface area contributed by atoms with Gasteiger partial charge in [-0.05, 0) is 0 Å². The third kappa shape index (κ3) is 4.64. The predicted molar refractivity (Wildman–Crippen MR) is 69.8 cm³/mol. The van der Waals surface area contributed by atoms with E-state index in [1.54, 1.807) is 0 Å². The van der Waals surface area contributed by atoms with Crippen molar-refractivity contribution >= 4 is 5.78 Å². The Morgan fingerprint density at radius 2 is 1.65 bits per heavy atom. The van der Waals surface area contributed by atoms with Gasteiger partial charge in [-0.15, -0.1) is 0 Å². The minimum absolute atomic E-state index is 0.726. The van der Waals surface area contributed by atoms with Crippen LogP contribution in [0.15, 0.2) is 0 Å². The van der Waals surface area contributed by atoms with Crippen molar-refractivity contribution < 1.29 is 55.1 Å². The van der Waals surface area contributed by atoms with E-state index in [9.17, 15) is 30.3 Å². The summed E-state index contributed by atoms with van der Waals surface area (Å²) in [5, 5.41) is 75.1. The van der Waals surface area contributed by atoms with Crippen LogP contribution in [0.1, 0.15) is 0 Å². The average molecular weight is 342 g/mol. The van der Waals surface area contributed by atoms with E-state index in [2.05, 4.69) is 0 Å². The van der Waals surface area contributed by atoms with Crippen LogP contribution in [0.5, 0.6) is 0 Å². The summed E-state index contributed by atoms with van der Waals surface area (Å²) in [6.45, 7) is -2.71. The number of aliphatic hydroxyl groups is 8. The molecule has 0 bridgehead atoms. The highest BCUT2D eigenvalue weighted by Gasteiger charge is 2.46. The van der Waals surface area contributed by atoms with Crippen molar-refractivity contribution in [1.82, 2.24) is 0 Å². The van der Waals surface area contributed by atoms with E-state index < -0.39 is 74.6 Å². The molecule has 0 radical (unpaired) electrons. The summed E-state index contributed by atoms with van der Waals surface area (Å²) in [7, 11) is 0. The SMILES string of the molecule is O=C(CO)[C@@H](O)[C@H](OC1O[C@H](CO)[C@H](O)[C@H](O)[C@H]1O)[C@H](O)CO. The molecular formula is C12H22O11. The second kappa shape index (κ2) is 8.94. The molecule has 1 saturated heterocycles. The second-order valence-electron chi connectivity index (χ2n) is 5.12. The molecule has 1 unspecified atom stereocenters. The van der Waals surface area contributed by atoms with Crippen molar-refractivity contribution in [3.05, 3.63) is 0 Å². The average Bonchev–Trinajstić information content (AvgIpc) is 2.57. The lowest BCUT2D eigenvalue weighted by Crippen LogP contribution is -2.61. The number of aliphatic hydroxyl groups excluding tert-OH is 8. The Morgan fingerprint density at radius 1 is 1.04 bits per heavy atom. The lowest BCUT2D eigenvalue weighted by molar-refractivity contribution is -0.323. The predicted octanol–water partition coefficient (Wildman–Crippen LogP) is -5.55. The second-order valence-corrected chi connectivity index (χ2v) is 5.12. The Kier molecular flexibility index (Phi) is 7.89. The fourth-order valence-corrected chi connectivity index (χ4v) is 2.09. The molecule has 1 aliphatic heterocycles. The van der Waals surface area contributed by atoms with Crippen molar-refractivity contribution in [1.29, 1.82) is 0 Å². The molecule has 0 aromatic rings. The number of hydrogen-bond acceptors (Lipinski definition) is 11. The first kappa shape index (κ1) is 20.3. The number of rotatable bonds is 8. The zero-order chi connectivity index (χ0) is 17.7. The van der Waals surface area contributed by atoms with Crippen LogP contribution in [0, 0.1) is 0 Å². The van der Waals surface area contributed by atoms with Crippen molar-refractivity contribution in [2.24, 2.45) is 0 Å². The standard InChI is InChI=1S/C12H22O11/c13-1-4(16)7(18)11(5(17)2-14)23-12-10(21)9(20)8(19)6(3-15)22-12/h5-15,17-21H,1-3H2/t5-,6-,7-,8+,9+,10-,11-,12?/m1/s1. The largest absolute Gasteiger partial charge is 0.394 e. The van der Waals surface area contributed by atoms with Crippen LogP contribution in [0.2, 0.25) is 0 Å². The lowest BCUT2D eigenvalue weighted by Gasteiger charge is -2.41. The maximum Gasteiger partial charge on any atom is 0.189 e. The Hall–Kier alpha value is -0.730. The quantitative estimate of drug-likeness (QED) is 0.209. The molecule has 1 rings (SSSR count). The minimum Gasteiger partial charge on any atom is -0.394 e. The molecule has 136 valence electrons. The zero-order valence-corrected chi connectivity index (χ0v) is 12.0. The highest BCUT2D eigenvalue weighted by Crippen LogP contribution is 2.24. The summed E-state index contributed by atoms with van der Waals surface area (Å²) in [5.74, 6) is -1.12. The summed E-state index contributed by atoms with van der Waals surface area (Å²) in [4.78, 5) is 11.3. The summed E-state index contributed by atoms with van der Waals surface area (Å²) in [6, 6.07) is 0. The van der Waals surface area contributed by atoms with Gasteiger partial charge in [-0.3, -0.25) is 4.79 Å². The fraction of sp³-hybridized carbons (Fsp3) is 0.917. The normalized spacial score (nSPS) is 35.6. The smallest absolute Gasteiger partial charge is 0.189 e. The lowest BCUT2D eigenvalue weighted by atomic mass is 9.98. The first-order valence-corrected chi connectivity index (χ1v) is 6.85. The molecule has 8 N–H and O–H groups in total. The molecule has 0 saturated carbocycles. The van der Waals surface area contributed by atoms with Crippen molar-refractivity contribution in [2.45, 2.75) is 49.0 Å². The molecule has 0 aliphatic carbocycles. The zero-order valence-electron chi connectivity index (χ0n) is 12.0. The van der Waals surface area contributed by atoms with Crippen LogP contribution in [-0.4, -0.2) is 115 Å². The van der Waals surface area contributed by atoms with Gasteiger partial charge in [0.05, 0.1) is 13.2 Å². The van der Waals surface area contributed by atoms with Gasteiger partial charge in [-0.25, -0.2) is 0 Å². The topological polar surface area (TPSA) is 197 Å². The van der Waals surface area contributed by atoms with Crippen molar-refractivity contribution in [2.75, 3.05) is 19.8 Å². The van der Waals surface area contributed by atoms with Crippen LogP contribution in [0.25, 0.3) is 0 Å². The molecule has 1 fully saturated rings. The highest BCUT2D eigenvalue weighted by atomic mass is 16.7. The van der Waals surface area contributed by atoms with Gasteiger partial charge in [0.25, 0.3) is 0 Å². The van der Waals surface area contributed by atoms with E-state index in [0.29, 0.717) is 0 Å². The first-order valence-electron chi connectivity index (χ1n) is 6.85. The number of carbonyl (C=O) groups is 1. The van der Waals surface area contributed by atoms with E-state index in [1.807, 2.05) is 0 Å². The molecule has 1 aliphatic rings. The van der Waals surface area contributed by atoms with Gasteiger partial charge in [0.15, 0.2) is 12.1 Å². The minimum atomic E-state index is -2.05. The first-order chi connectivity index (χ1) is 10.8. The third-order valence-electron chi connectivity index (χ3n) is 3.50. The van der Waals surface area contributed by atoms with Gasteiger partial charge in [0.2, 0.25) is 0 Å². The number of Topliss-reactive ketones (excluding diaryl/α,β-unsaturated/α-hetero) is 1. The van der Waals surface area contributed by atoms with Crippen LogP contribution < -0.4 is 0 Å². The van der Waals surface area contributed by atoms with Crippen LogP contribution >= 0.6 is 0 Å². The highest BCUT2D eigenvalue weighted by molar-refractivity contribution is 5.84. The van der Waals surface area contributed by atoms with E-state index in [1.165, 1.54) is 0 Å².